The van der Waals surface area contributed by atoms with E-state index in [1.807, 2.05) is 0 Å². The van der Waals surface area contributed by atoms with E-state index in [2.05, 4.69) is 36.4 Å². The maximum absolute atomic E-state index is 12.7. The predicted molar refractivity (Wildman–Crippen MR) is 80.3 cm³/mol. The summed E-state index contributed by atoms with van der Waals surface area (Å²) in [6, 6.07) is 6.28. The van der Waals surface area contributed by atoms with Crippen LogP contribution in [-0.2, 0) is 4.79 Å². The molecule has 0 saturated heterocycles. The van der Waals surface area contributed by atoms with E-state index < -0.39 is 0 Å². The van der Waals surface area contributed by atoms with Gasteiger partial charge >= 0.3 is 0 Å². The molecule has 0 aliphatic heterocycles. The van der Waals surface area contributed by atoms with Crippen LogP contribution in [0.3, 0.4) is 0 Å². The number of likely N-dealkylation sites (N-methyl/N-ethyl adjacent to an activating group) is 1. The van der Waals surface area contributed by atoms with Crippen LogP contribution in [0.4, 0.5) is 10.1 Å². The predicted octanol–water partition coefficient (Wildman–Crippen LogP) is 2.08. The van der Waals surface area contributed by atoms with Crippen molar-refractivity contribution < 1.29 is 9.18 Å². The minimum Gasteiger partial charge on any atom is -0.325 e. The number of nitrogens with one attached hydrogen (secondary N) is 2. The fraction of sp³-hybridized carbons (Fsp3) is 0.533. The summed E-state index contributed by atoms with van der Waals surface area (Å²) >= 11 is 0. The van der Waals surface area contributed by atoms with Gasteiger partial charge in [0.15, 0.2) is 0 Å². The van der Waals surface area contributed by atoms with Crippen LogP contribution in [0.2, 0.25) is 0 Å². The lowest BCUT2D eigenvalue weighted by atomic mass is 10.2. The smallest absolute Gasteiger partial charge is 0.238 e. The number of halogens is 1. The van der Waals surface area contributed by atoms with Crippen molar-refractivity contribution in [2.45, 2.75) is 26.3 Å². The molecule has 1 unspecified atom stereocenters. The molecule has 0 bridgehead atoms. The third kappa shape index (κ3) is 6.12. The molecule has 1 aromatic rings. The highest BCUT2D eigenvalue weighted by Crippen LogP contribution is 2.07. The van der Waals surface area contributed by atoms with Gasteiger partial charge in [-0.25, -0.2) is 4.39 Å². The Morgan fingerprint density at radius 1 is 1.35 bits per heavy atom. The highest BCUT2D eigenvalue weighted by atomic mass is 19.1. The summed E-state index contributed by atoms with van der Waals surface area (Å²) in [5.74, 6) is -0.433. The number of hydrogen-bond acceptors (Lipinski definition) is 3. The van der Waals surface area contributed by atoms with Crippen molar-refractivity contribution >= 4 is 11.6 Å². The van der Waals surface area contributed by atoms with Crippen LogP contribution in [0, 0.1) is 5.82 Å². The molecular formula is C15H24FN3O. The molecule has 1 atom stereocenters. The van der Waals surface area contributed by atoms with Gasteiger partial charge in [-0.15, -0.1) is 0 Å². The molecule has 0 fully saturated rings. The lowest BCUT2D eigenvalue weighted by molar-refractivity contribution is -0.115. The van der Waals surface area contributed by atoms with E-state index >= 15 is 0 Å². The summed E-state index contributed by atoms with van der Waals surface area (Å²) < 4.78 is 12.7. The van der Waals surface area contributed by atoms with Crippen LogP contribution in [0.5, 0.6) is 0 Å². The molecule has 0 saturated carbocycles. The molecule has 112 valence electrons. The van der Waals surface area contributed by atoms with Crippen molar-refractivity contribution in [3.05, 3.63) is 30.1 Å². The Labute approximate surface area is 120 Å². The van der Waals surface area contributed by atoms with E-state index in [4.69, 9.17) is 0 Å². The Morgan fingerprint density at radius 2 is 2.00 bits per heavy atom. The van der Waals surface area contributed by atoms with E-state index in [9.17, 15) is 9.18 Å². The van der Waals surface area contributed by atoms with Gasteiger partial charge in [0.05, 0.1) is 6.54 Å². The lowest BCUT2D eigenvalue weighted by Gasteiger charge is -2.23. The van der Waals surface area contributed by atoms with E-state index in [1.165, 1.54) is 12.1 Å². The summed E-state index contributed by atoms with van der Waals surface area (Å²) in [6.45, 7) is 6.26. The number of carbonyl (C=O) groups excluding carboxylic acids is 1. The molecule has 0 aliphatic carbocycles. The summed E-state index contributed by atoms with van der Waals surface area (Å²) in [7, 11) is 2.08. The highest BCUT2D eigenvalue weighted by Gasteiger charge is 2.06. The number of anilines is 1. The first-order valence-electron chi connectivity index (χ1n) is 6.99. The third-order valence-electron chi connectivity index (χ3n) is 3.40. The SMILES string of the molecule is CCC(C)N(C)CCNCC(=O)Nc1ccc(F)cc1. The fourth-order valence-electron chi connectivity index (χ4n) is 1.73. The summed E-state index contributed by atoms with van der Waals surface area (Å²) in [6.07, 6.45) is 1.11. The second kappa shape index (κ2) is 8.66. The van der Waals surface area contributed by atoms with E-state index in [1.54, 1.807) is 12.1 Å². The maximum Gasteiger partial charge on any atom is 0.238 e. The number of nitrogens with zero attached hydrogens (tertiary/aromatic N) is 1. The van der Waals surface area contributed by atoms with Gasteiger partial charge in [-0.1, -0.05) is 6.92 Å². The van der Waals surface area contributed by atoms with Crippen molar-refractivity contribution in [2.75, 3.05) is 32.0 Å². The zero-order chi connectivity index (χ0) is 15.0. The Kier molecular flexibility index (Phi) is 7.18. The summed E-state index contributed by atoms with van der Waals surface area (Å²) in [4.78, 5) is 13.9. The fourth-order valence-corrected chi connectivity index (χ4v) is 1.73. The lowest BCUT2D eigenvalue weighted by Crippen LogP contribution is -2.37. The molecule has 20 heavy (non-hydrogen) atoms. The number of benzene rings is 1. The summed E-state index contributed by atoms with van der Waals surface area (Å²) in [5.41, 5.74) is 0.606. The molecule has 1 rings (SSSR count). The molecule has 2 N–H and O–H groups in total. The monoisotopic (exact) mass is 281 g/mol. The average Bonchev–Trinajstić information content (AvgIpc) is 2.45. The standard InChI is InChI=1S/C15H24FN3O/c1-4-12(2)19(3)10-9-17-11-15(20)18-14-7-5-13(16)6-8-14/h5-8,12,17H,4,9-11H2,1-3H3,(H,18,20). The number of hydrogen-bond donors (Lipinski definition) is 2. The average molecular weight is 281 g/mol. The van der Waals surface area contributed by atoms with Crippen molar-refractivity contribution in [1.82, 2.24) is 10.2 Å². The largest absolute Gasteiger partial charge is 0.325 e. The van der Waals surface area contributed by atoms with E-state index in [0.29, 0.717) is 11.7 Å². The van der Waals surface area contributed by atoms with Crippen molar-refractivity contribution in [2.24, 2.45) is 0 Å². The molecule has 5 heteroatoms. The van der Waals surface area contributed by atoms with Gasteiger partial charge in [-0.3, -0.25) is 4.79 Å². The first-order valence-corrected chi connectivity index (χ1v) is 6.99. The number of rotatable bonds is 8. The highest BCUT2D eigenvalue weighted by molar-refractivity contribution is 5.92. The summed E-state index contributed by atoms with van der Waals surface area (Å²) in [5, 5.41) is 5.81. The van der Waals surface area contributed by atoms with Crippen molar-refractivity contribution in [1.29, 1.82) is 0 Å². The topological polar surface area (TPSA) is 44.4 Å². The molecule has 4 nitrogen and oxygen atoms in total. The Bertz CT molecular complexity index is 408. The van der Waals surface area contributed by atoms with Gasteiger partial charge < -0.3 is 15.5 Å². The Hall–Kier alpha value is -1.46. The van der Waals surface area contributed by atoms with Gasteiger partial charge in [0.1, 0.15) is 5.82 Å². The van der Waals surface area contributed by atoms with Crippen LogP contribution < -0.4 is 10.6 Å². The molecule has 0 aromatic heterocycles. The second-order valence-corrected chi connectivity index (χ2v) is 4.97. The molecule has 1 amide bonds. The van der Waals surface area contributed by atoms with E-state index in [0.717, 1.165) is 19.5 Å². The van der Waals surface area contributed by atoms with Gasteiger partial charge in [-0.05, 0) is 44.7 Å². The quantitative estimate of drug-likeness (QED) is 0.717. The van der Waals surface area contributed by atoms with Crippen molar-refractivity contribution in [3.63, 3.8) is 0 Å². The molecule has 0 aliphatic rings. The van der Waals surface area contributed by atoms with Gasteiger partial charge in [0, 0.05) is 24.8 Å². The van der Waals surface area contributed by atoms with Crippen LogP contribution in [0.1, 0.15) is 20.3 Å². The zero-order valence-electron chi connectivity index (χ0n) is 12.4. The third-order valence-corrected chi connectivity index (χ3v) is 3.40. The zero-order valence-corrected chi connectivity index (χ0v) is 12.4. The number of amides is 1. The number of carbonyl (C=O) groups is 1. The van der Waals surface area contributed by atoms with Gasteiger partial charge in [0.2, 0.25) is 5.91 Å². The minimum atomic E-state index is -0.311. The maximum atomic E-state index is 12.7. The van der Waals surface area contributed by atoms with Gasteiger partial charge in [-0.2, -0.15) is 0 Å². The van der Waals surface area contributed by atoms with Crippen LogP contribution >= 0.6 is 0 Å². The minimum absolute atomic E-state index is 0.122. The van der Waals surface area contributed by atoms with Crippen LogP contribution in [-0.4, -0.2) is 43.5 Å². The second-order valence-electron chi connectivity index (χ2n) is 4.97. The normalized spacial score (nSPS) is 12.4. The molecule has 0 spiro atoms. The van der Waals surface area contributed by atoms with E-state index in [-0.39, 0.29) is 18.3 Å². The first-order chi connectivity index (χ1) is 9.52. The molecule has 1 aromatic carbocycles. The van der Waals surface area contributed by atoms with Crippen LogP contribution in [0.15, 0.2) is 24.3 Å². The Balaban J connectivity index is 2.19. The Morgan fingerprint density at radius 3 is 2.60 bits per heavy atom. The molecular weight excluding hydrogens is 257 g/mol. The van der Waals surface area contributed by atoms with Gasteiger partial charge in [0.25, 0.3) is 0 Å². The van der Waals surface area contributed by atoms with Crippen LogP contribution in [0.25, 0.3) is 0 Å². The van der Waals surface area contributed by atoms with Crippen molar-refractivity contribution in [3.8, 4) is 0 Å². The molecule has 0 heterocycles. The molecule has 0 radical (unpaired) electrons. The first kappa shape index (κ1) is 16.6.